The molecule has 0 radical (unpaired) electrons. The number of pyridine rings is 1. The highest BCUT2D eigenvalue weighted by Crippen LogP contribution is 2.26. The van der Waals surface area contributed by atoms with Crippen molar-refractivity contribution >= 4 is 28.3 Å². The molecule has 90 valence electrons. The van der Waals surface area contributed by atoms with Crippen molar-refractivity contribution in [3.8, 4) is 5.69 Å². The predicted molar refractivity (Wildman–Crippen MR) is 68.2 cm³/mol. The maximum Gasteiger partial charge on any atom is 0.150 e. The van der Waals surface area contributed by atoms with Crippen molar-refractivity contribution in [3.05, 3.63) is 47.5 Å². The summed E-state index contributed by atoms with van der Waals surface area (Å²) < 4.78 is 15.1. The summed E-state index contributed by atoms with van der Waals surface area (Å²) in [5.74, 6) is -0.0898. The van der Waals surface area contributed by atoms with Crippen molar-refractivity contribution in [3.63, 3.8) is 0 Å². The van der Waals surface area contributed by atoms with E-state index in [-0.39, 0.29) is 10.7 Å². The van der Waals surface area contributed by atoms with Gasteiger partial charge < -0.3 is 5.73 Å². The highest BCUT2D eigenvalue weighted by Gasteiger charge is 2.12. The third-order valence-electron chi connectivity index (χ3n) is 2.63. The second-order valence-corrected chi connectivity index (χ2v) is 4.18. The van der Waals surface area contributed by atoms with Gasteiger partial charge in [-0.05, 0) is 18.2 Å². The Morgan fingerprint density at radius 1 is 1.28 bits per heavy atom. The van der Waals surface area contributed by atoms with Gasteiger partial charge in [0.1, 0.15) is 17.3 Å². The summed E-state index contributed by atoms with van der Waals surface area (Å²) in [5, 5.41) is 5.19. The second kappa shape index (κ2) is 3.96. The van der Waals surface area contributed by atoms with E-state index >= 15 is 0 Å². The monoisotopic (exact) mass is 262 g/mol. The average Bonchev–Trinajstić information content (AvgIpc) is 2.74. The first-order chi connectivity index (χ1) is 8.66. The van der Waals surface area contributed by atoms with Crippen LogP contribution in [0.4, 0.5) is 10.2 Å². The summed E-state index contributed by atoms with van der Waals surface area (Å²) >= 11 is 5.98. The van der Waals surface area contributed by atoms with Gasteiger partial charge in [-0.3, -0.25) is 0 Å². The standard InChI is InChI=1S/C12H8ClFN4/c13-8-2-1-3-9(14)11(8)18-6-7-10(17-18)4-5-16-12(7)15/h1-6H,(H2,15,16). The molecule has 0 unspecified atom stereocenters. The van der Waals surface area contributed by atoms with E-state index in [0.29, 0.717) is 16.7 Å². The summed E-state index contributed by atoms with van der Waals surface area (Å²) in [6, 6.07) is 6.18. The minimum atomic E-state index is -0.443. The van der Waals surface area contributed by atoms with E-state index in [4.69, 9.17) is 17.3 Å². The predicted octanol–water partition coefficient (Wildman–Crippen LogP) is 2.80. The van der Waals surface area contributed by atoms with Crippen molar-refractivity contribution in [1.82, 2.24) is 14.8 Å². The molecule has 0 spiro atoms. The summed E-state index contributed by atoms with van der Waals surface area (Å²) in [4.78, 5) is 3.96. The fourth-order valence-electron chi connectivity index (χ4n) is 1.79. The molecule has 2 heterocycles. The molecule has 4 nitrogen and oxygen atoms in total. The van der Waals surface area contributed by atoms with Crippen LogP contribution in [0.3, 0.4) is 0 Å². The number of rotatable bonds is 1. The lowest BCUT2D eigenvalue weighted by molar-refractivity contribution is 0.612. The molecule has 0 fully saturated rings. The lowest BCUT2D eigenvalue weighted by Gasteiger charge is -2.04. The Labute approximate surface area is 107 Å². The van der Waals surface area contributed by atoms with Gasteiger partial charge in [-0.15, -0.1) is 0 Å². The molecule has 0 saturated carbocycles. The molecule has 2 N–H and O–H groups in total. The van der Waals surface area contributed by atoms with Gasteiger partial charge in [-0.1, -0.05) is 17.7 Å². The Kier molecular flexibility index (Phi) is 2.41. The molecule has 0 aliphatic heterocycles. The van der Waals surface area contributed by atoms with Crippen LogP contribution in [-0.4, -0.2) is 14.8 Å². The van der Waals surface area contributed by atoms with E-state index in [0.717, 1.165) is 0 Å². The number of fused-ring (bicyclic) bond motifs is 1. The summed E-state index contributed by atoms with van der Waals surface area (Å²) in [6.07, 6.45) is 3.17. The van der Waals surface area contributed by atoms with Gasteiger partial charge in [0.25, 0.3) is 0 Å². The molecular weight excluding hydrogens is 255 g/mol. The molecule has 6 heteroatoms. The van der Waals surface area contributed by atoms with Gasteiger partial charge in [0, 0.05) is 12.4 Å². The van der Waals surface area contributed by atoms with Gasteiger partial charge in [0.15, 0.2) is 0 Å². The molecule has 18 heavy (non-hydrogen) atoms. The van der Waals surface area contributed by atoms with Crippen LogP contribution in [-0.2, 0) is 0 Å². The fraction of sp³-hybridized carbons (Fsp3) is 0. The molecule has 0 aliphatic rings. The van der Waals surface area contributed by atoms with Crippen LogP contribution in [0.25, 0.3) is 16.6 Å². The lowest BCUT2D eigenvalue weighted by atomic mass is 10.3. The van der Waals surface area contributed by atoms with Crippen LogP contribution in [0.1, 0.15) is 0 Å². The lowest BCUT2D eigenvalue weighted by Crippen LogP contribution is -1.98. The number of nitrogen functional groups attached to an aromatic ring is 1. The maximum atomic E-state index is 13.8. The van der Waals surface area contributed by atoms with Gasteiger partial charge in [0.05, 0.1) is 15.9 Å². The summed E-state index contributed by atoms with van der Waals surface area (Å²) in [7, 11) is 0. The van der Waals surface area contributed by atoms with E-state index in [9.17, 15) is 4.39 Å². The number of nitrogens with two attached hydrogens (primary N) is 1. The van der Waals surface area contributed by atoms with E-state index in [2.05, 4.69) is 10.1 Å². The zero-order chi connectivity index (χ0) is 12.7. The largest absolute Gasteiger partial charge is 0.383 e. The third-order valence-corrected chi connectivity index (χ3v) is 2.94. The second-order valence-electron chi connectivity index (χ2n) is 3.77. The molecule has 2 aromatic heterocycles. The van der Waals surface area contributed by atoms with Crippen LogP contribution in [0.15, 0.2) is 36.7 Å². The quantitative estimate of drug-likeness (QED) is 0.734. The normalized spacial score (nSPS) is 11.0. The molecule has 3 aromatic rings. The number of anilines is 1. The van der Waals surface area contributed by atoms with Gasteiger partial charge in [0.2, 0.25) is 0 Å². The molecule has 0 bridgehead atoms. The van der Waals surface area contributed by atoms with Crippen LogP contribution in [0, 0.1) is 5.82 Å². The zero-order valence-corrected chi connectivity index (χ0v) is 9.89. The number of halogens is 2. The highest BCUT2D eigenvalue weighted by molar-refractivity contribution is 6.32. The third kappa shape index (κ3) is 1.60. The van der Waals surface area contributed by atoms with Crippen LogP contribution in [0.5, 0.6) is 0 Å². The van der Waals surface area contributed by atoms with Crippen molar-refractivity contribution in [1.29, 1.82) is 0 Å². The fourth-order valence-corrected chi connectivity index (χ4v) is 2.04. The molecule has 3 rings (SSSR count). The average molecular weight is 263 g/mol. The maximum absolute atomic E-state index is 13.8. The van der Waals surface area contributed by atoms with Crippen molar-refractivity contribution in [2.45, 2.75) is 0 Å². The minimum Gasteiger partial charge on any atom is -0.383 e. The summed E-state index contributed by atoms with van der Waals surface area (Å²) in [6.45, 7) is 0. The Morgan fingerprint density at radius 3 is 2.83 bits per heavy atom. The van der Waals surface area contributed by atoms with Crippen molar-refractivity contribution in [2.24, 2.45) is 0 Å². The van der Waals surface area contributed by atoms with E-state index in [1.54, 1.807) is 30.6 Å². The van der Waals surface area contributed by atoms with E-state index < -0.39 is 5.82 Å². The van der Waals surface area contributed by atoms with E-state index in [1.165, 1.54) is 10.7 Å². The van der Waals surface area contributed by atoms with Gasteiger partial charge in [-0.25, -0.2) is 14.1 Å². The van der Waals surface area contributed by atoms with Crippen molar-refractivity contribution in [2.75, 3.05) is 5.73 Å². The number of hydrogen-bond acceptors (Lipinski definition) is 3. The smallest absolute Gasteiger partial charge is 0.150 e. The zero-order valence-electron chi connectivity index (χ0n) is 9.14. The Hall–Kier alpha value is -2.14. The topological polar surface area (TPSA) is 56.7 Å². The number of hydrogen-bond donors (Lipinski definition) is 1. The van der Waals surface area contributed by atoms with Crippen LogP contribution >= 0.6 is 11.6 Å². The SMILES string of the molecule is Nc1nccc2nn(-c3c(F)cccc3Cl)cc12. The molecular formula is C12H8ClFN4. The van der Waals surface area contributed by atoms with E-state index in [1.807, 2.05) is 0 Å². The minimum absolute atomic E-state index is 0.203. The molecule has 1 aromatic carbocycles. The Bertz CT molecular complexity index is 718. The highest BCUT2D eigenvalue weighted by atomic mass is 35.5. The van der Waals surface area contributed by atoms with Crippen molar-refractivity contribution < 1.29 is 4.39 Å². The van der Waals surface area contributed by atoms with Gasteiger partial charge >= 0.3 is 0 Å². The molecule has 0 atom stereocenters. The number of nitrogens with zero attached hydrogens (tertiary/aromatic N) is 3. The van der Waals surface area contributed by atoms with Crippen LogP contribution in [0.2, 0.25) is 5.02 Å². The van der Waals surface area contributed by atoms with Gasteiger partial charge in [-0.2, -0.15) is 5.10 Å². The first kappa shape index (κ1) is 11.0. The molecule has 0 amide bonds. The molecule has 0 aliphatic carbocycles. The van der Waals surface area contributed by atoms with Crippen LogP contribution < -0.4 is 5.73 Å². The summed E-state index contributed by atoms with van der Waals surface area (Å²) in [5.41, 5.74) is 6.58. The Morgan fingerprint density at radius 2 is 2.11 bits per heavy atom. The first-order valence-corrected chi connectivity index (χ1v) is 5.59. The first-order valence-electron chi connectivity index (χ1n) is 5.21. The number of para-hydroxylation sites is 1. The Balaban J connectivity index is 2.30. The number of aromatic nitrogens is 3. The number of benzene rings is 1. The molecule has 0 saturated heterocycles.